The molecular formula is C32H22N2S2. The Labute approximate surface area is 216 Å². The SMILES string of the molecule is Cn1c(-c2cccs2)cc2cc3ccc4c5cc6c(cc(-c7cccs7)n6C)cc5ccc4c3cc21. The lowest BCUT2D eigenvalue weighted by atomic mass is 9.95. The van der Waals surface area contributed by atoms with Crippen molar-refractivity contribution in [3.8, 4) is 21.1 Å². The summed E-state index contributed by atoms with van der Waals surface area (Å²) in [5.74, 6) is 0. The van der Waals surface area contributed by atoms with E-state index in [9.17, 15) is 0 Å². The molecule has 4 aromatic carbocycles. The van der Waals surface area contributed by atoms with Gasteiger partial charge in [-0.25, -0.2) is 0 Å². The highest BCUT2D eigenvalue weighted by Gasteiger charge is 2.14. The molecular weight excluding hydrogens is 477 g/mol. The second-order valence-corrected chi connectivity index (χ2v) is 11.5. The smallest absolute Gasteiger partial charge is 0.0590 e. The number of benzene rings is 4. The van der Waals surface area contributed by atoms with E-state index in [4.69, 9.17) is 0 Å². The molecule has 0 spiro atoms. The number of nitrogens with zero attached hydrogens (tertiary/aromatic N) is 2. The van der Waals surface area contributed by atoms with E-state index in [1.165, 1.54) is 75.3 Å². The Bertz CT molecular complexity index is 1950. The van der Waals surface area contributed by atoms with E-state index < -0.39 is 0 Å². The maximum absolute atomic E-state index is 2.38. The molecule has 0 radical (unpaired) electrons. The highest BCUT2D eigenvalue weighted by molar-refractivity contribution is 7.13. The van der Waals surface area contributed by atoms with Crippen molar-refractivity contribution in [3.63, 3.8) is 0 Å². The van der Waals surface area contributed by atoms with Gasteiger partial charge in [0.15, 0.2) is 0 Å². The molecule has 8 aromatic rings. The number of rotatable bonds is 2. The average Bonchev–Trinajstić information content (AvgIpc) is 3.70. The second kappa shape index (κ2) is 7.33. The second-order valence-electron chi connectivity index (χ2n) is 9.62. The Balaban J connectivity index is 1.40. The van der Waals surface area contributed by atoms with E-state index >= 15 is 0 Å². The van der Waals surface area contributed by atoms with E-state index in [2.05, 4.69) is 119 Å². The van der Waals surface area contributed by atoms with Gasteiger partial charge in [-0.05, 0) is 91.6 Å². The first-order valence-electron chi connectivity index (χ1n) is 12.1. The van der Waals surface area contributed by atoms with Crippen molar-refractivity contribution in [3.05, 3.63) is 95.7 Å². The molecule has 0 saturated heterocycles. The molecule has 0 bridgehead atoms. The molecule has 0 atom stereocenters. The zero-order valence-electron chi connectivity index (χ0n) is 19.9. The fourth-order valence-electron chi connectivity index (χ4n) is 5.86. The number of thiophene rings is 2. The van der Waals surface area contributed by atoms with Crippen molar-refractivity contribution >= 4 is 76.8 Å². The summed E-state index contributed by atoms with van der Waals surface area (Å²) in [6, 6.07) is 32.0. The summed E-state index contributed by atoms with van der Waals surface area (Å²) in [6.45, 7) is 0. The minimum absolute atomic E-state index is 1.27. The van der Waals surface area contributed by atoms with Crippen molar-refractivity contribution < 1.29 is 0 Å². The highest BCUT2D eigenvalue weighted by Crippen LogP contribution is 2.39. The van der Waals surface area contributed by atoms with E-state index in [1.54, 1.807) is 22.7 Å². The fourth-order valence-corrected chi connectivity index (χ4v) is 7.42. The van der Waals surface area contributed by atoms with Crippen LogP contribution >= 0.6 is 22.7 Å². The van der Waals surface area contributed by atoms with E-state index in [1.807, 2.05) is 0 Å². The Hall–Kier alpha value is -3.86. The van der Waals surface area contributed by atoms with Crippen LogP contribution in [0.2, 0.25) is 0 Å². The lowest BCUT2D eigenvalue weighted by Crippen LogP contribution is -1.90. The van der Waals surface area contributed by atoms with Gasteiger partial charge in [-0.15, -0.1) is 22.7 Å². The first-order valence-corrected chi connectivity index (χ1v) is 13.9. The van der Waals surface area contributed by atoms with Crippen LogP contribution in [0.1, 0.15) is 0 Å². The molecule has 4 aromatic heterocycles. The third kappa shape index (κ3) is 2.77. The van der Waals surface area contributed by atoms with Crippen molar-refractivity contribution in [1.82, 2.24) is 9.13 Å². The van der Waals surface area contributed by atoms with Crippen LogP contribution < -0.4 is 0 Å². The van der Waals surface area contributed by atoms with Crippen LogP contribution in [0.25, 0.3) is 75.3 Å². The van der Waals surface area contributed by atoms with Crippen LogP contribution in [0, 0.1) is 0 Å². The summed E-state index contributed by atoms with van der Waals surface area (Å²) < 4.78 is 4.67. The summed E-state index contributed by atoms with van der Waals surface area (Å²) in [4.78, 5) is 2.62. The van der Waals surface area contributed by atoms with Crippen molar-refractivity contribution in [2.45, 2.75) is 0 Å². The molecule has 8 rings (SSSR count). The highest BCUT2D eigenvalue weighted by atomic mass is 32.1. The summed E-state index contributed by atoms with van der Waals surface area (Å²) in [7, 11) is 4.36. The first kappa shape index (κ1) is 20.3. The van der Waals surface area contributed by atoms with Gasteiger partial charge in [0.1, 0.15) is 0 Å². The van der Waals surface area contributed by atoms with Crippen LogP contribution in [0.4, 0.5) is 0 Å². The van der Waals surface area contributed by atoms with Gasteiger partial charge in [0.2, 0.25) is 0 Å². The van der Waals surface area contributed by atoms with Gasteiger partial charge in [0.25, 0.3) is 0 Å². The maximum atomic E-state index is 2.38. The molecule has 0 N–H and O–H groups in total. The first-order chi connectivity index (χ1) is 17.7. The summed E-state index contributed by atoms with van der Waals surface area (Å²) in [6.07, 6.45) is 0. The van der Waals surface area contributed by atoms with Crippen molar-refractivity contribution in [2.24, 2.45) is 14.1 Å². The molecule has 2 nitrogen and oxygen atoms in total. The Kier molecular flexibility index (Phi) is 4.14. The van der Waals surface area contributed by atoms with Crippen molar-refractivity contribution in [1.29, 1.82) is 0 Å². The molecule has 0 aliphatic carbocycles. The van der Waals surface area contributed by atoms with Gasteiger partial charge >= 0.3 is 0 Å². The lowest BCUT2D eigenvalue weighted by Gasteiger charge is -2.10. The molecule has 0 saturated carbocycles. The molecule has 4 heterocycles. The fraction of sp³-hybridized carbons (Fsp3) is 0.0625. The predicted octanol–water partition coefficient (Wildman–Crippen LogP) is 9.59. The van der Waals surface area contributed by atoms with Crippen LogP contribution in [-0.4, -0.2) is 9.13 Å². The number of aromatic nitrogens is 2. The third-order valence-electron chi connectivity index (χ3n) is 7.70. The molecule has 4 heteroatoms. The topological polar surface area (TPSA) is 9.86 Å². The van der Waals surface area contributed by atoms with Gasteiger partial charge in [0, 0.05) is 35.9 Å². The standard InChI is InChI=1S/C32H22N2S2/c1-33-27-17-25-19(13-21(27)15-29(33)31-5-3-11-35-31)7-10-24-23(25)9-8-20-14-22-16-30(32-6-4-12-36-32)34(2)28(22)18-26(20)24/h3-18H,1-2H3. The van der Waals surface area contributed by atoms with E-state index in [0.717, 1.165) is 0 Å². The zero-order valence-corrected chi connectivity index (χ0v) is 21.6. The number of hydrogen-bond donors (Lipinski definition) is 0. The Morgan fingerprint density at radius 2 is 0.944 bits per heavy atom. The van der Waals surface area contributed by atoms with Gasteiger partial charge in [-0.2, -0.15) is 0 Å². The minimum atomic E-state index is 1.27. The molecule has 36 heavy (non-hydrogen) atoms. The van der Waals surface area contributed by atoms with Gasteiger partial charge in [-0.1, -0.05) is 36.4 Å². The molecule has 0 fully saturated rings. The predicted molar refractivity (Wildman–Crippen MR) is 159 cm³/mol. The third-order valence-corrected chi connectivity index (χ3v) is 9.49. The monoisotopic (exact) mass is 498 g/mol. The maximum Gasteiger partial charge on any atom is 0.0590 e. The summed E-state index contributed by atoms with van der Waals surface area (Å²) >= 11 is 3.59. The quantitative estimate of drug-likeness (QED) is 0.210. The zero-order chi connectivity index (χ0) is 24.0. The van der Waals surface area contributed by atoms with E-state index in [0.29, 0.717) is 0 Å². The van der Waals surface area contributed by atoms with Gasteiger partial charge in [0.05, 0.1) is 21.1 Å². The van der Waals surface area contributed by atoms with Crippen molar-refractivity contribution in [2.75, 3.05) is 0 Å². The van der Waals surface area contributed by atoms with Crippen LogP contribution in [0.5, 0.6) is 0 Å². The van der Waals surface area contributed by atoms with E-state index in [-0.39, 0.29) is 0 Å². The number of hydrogen-bond acceptors (Lipinski definition) is 2. The summed E-state index contributed by atoms with van der Waals surface area (Å²) in [5, 5.41) is 14.7. The van der Waals surface area contributed by atoms with Crippen LogP contribution in [0.15, 0.2) is 95.7 Å². The number of aryl methyl sites for hydroxylation is 2. The van der Waals surface area contributed by atoms with Crippen LogP contribution in [-0.2, 0) is 14.1 Å². The number of fused-ring (bicyclic) bond motifs is 7. The lowest BCUT2D eigenvalue weighted by molar-refractivity contribution is 0.982. The molecule has 0 aliphatic heterocycles. The van der Waals surface area contributed by atoms with Gasteiger partial charge < -0.3 is 9.13 Å². The molecule has 0 unspecified atom stereocenters. The molecule has 0 amide bonds. The molecule has 172 valence electrons. The largest absolute Gasteiger partial charge is 0.343 e. The summed E-state index contributed by atoms with van der Waals surface area (Å²) in [5.41, 5.74) is 5.10. The van der Waals surface area contributed by atoms with Crippen LogP contribution in [0.3, 0.4) is 0 Å². The Morgan fingerprint density at radius 1 is 0.472 bits per heavy atom. The average molecular weight is 499 g/mol. The molecule has 0 aliphatic rings. The normalized spacial score (nSPS) is 12.2. The minimum Gasteiger partial charge on any atom is -0.343 e. The van der Waals surface area contributed by atoms with Gasteiger partial charge in [-0.3, -0.25) is 0 Å². The Morgan fingerprint density at radius 3 is 1.36 bits per heavy atom.